The van der Waals surface area contributed by atoms with Gasteiger partial charge in [0.05, 0.1) is 0 Å². The second kappa shape index (κ2) is 6.97. The molecule has 0 saturated heterocycles. The van der Waals surface area contributed by atoms with Crippen molar-refractivity contribution in [3.63, 3.8) is 0 Å². The SMILES string of the molecule is CC(C)C[C@@H](C(=O)O)N1CC(Cc2ccccc2Cl)=CC1=O. The smallest absolute Gasteiger partial charge is 0.326 e. The van der Waals surface area contributed by atoms with E-state index < -0.39 is 12.0 Å². The summed E-state index contributed by atoms with van der Waals surface area (Å²) in [7, 11) is 0. The van der Waals surface area contributed by atoms with E-state index in [0.29, 0.717) is 24.4 Å². The van der Waals surface area contributed by atoms with Crippen LogP contribution in [-0.2, 0) is 16.0 Å². The van der Waals surface area contributed by atoms with Crippen LogP contribution in [-0.4, -0.2) is 34.5 Å². The molecule has 1 N–H and O–H groups in total. The molecule has 1 aromatic rings. The first-order valence-corrected chi connectivity index (χ1v) is 7.72. The number of carboxylic acid groups (broad SMARTS) is 1. The van der Waals surface area contributed by atoms with Gasteiger partial charge in [-0.15, -0.1) is 0 Å². The Kier molecular flexibility index (Phi) is 5.24. The van der Waals surface area contributed by atoms with Crippen LogP contribution in [0.2, 0.25) is 5.02 Å². The minimum Gasteiger partial charge on any atom is -0.480 e. The van der Waals surface area contributed by atoms with E-state index in [1.807, 2.05) is 38.1 Å². The Morgan fingerprint density at radius 3 is 2.64 bits per heavy atom. The van der Waals surface area contributed by atoms with Crippen molar-refractivity contribution in [1.82, 2.24) is 4.90 Å². The Bertz CT molecular complexity index is 610. The van der Waals surface area contributed by atoms with Crippen molar-refractivity contribution in [2.75, 3.05) is 6.54 Å². The van der Waals surface area contributed by atoms with Crippen LogP contribution in [0.3, 0.4) is 0 Å². The van der Waals surface area contributed by atoms with Crippen molar-refractivity contribution >= 4 is 23.5 Å². The summed E-state index contributed by atoms with van der Waals surface area (Å²) in [6.07, 6.45) is 2.56. The number of carbonyl (C=O) groups is 2. The number of carboxylic acids is 1. The van der Waals surface area contributed by atoms with E-state index in [1.165, 1.54) is 4.90 Å². The lowest BCUT2D eigenvalue weighted by atomic mass is 10.0. The molecule has 1 heterocycles. The van der Waals surface area contributed by atoms with Crippen LogP contribution in [0, 0.1) is 5.92 Å². The van der Waals surface area contributed by atoms with Crippen LogP contribution in [0.25, 0.3) is 0 Å². The number of rotatable bonds is 6. The first kappa shape index (κ1) is 16.6. The molecule has 0 bridgehead atoms. The molecule has 0 unspecified atom stereocenters. The Morgan fingerprint density at radius 1 is 1.36 bits per heavy atom. The Labute approximate surface area is 135 Å². The highest BCUT2D eigenvalue weighted by Gasteiger charge is 2.33. The van der Waals surface area contributed by atoms with Gasteiger partial charge in [0, 0.05) is 17.6 Å². The third-order valence-electron chi connectivity index (χ3n) is 3.72. The van der Waals surface area contributed by atoms with E-state index in [9.17, 15) is 14.7 Å². The molecule has 0 saturated carbocycles. The molecule has 5 heteroatoms. The summed E-state index contributed by atoms with van der Waals surface area (Å²) in [5.41, 5.74) is 1.84. The summed E-state index contributed by atoms with van der Waals surface area (Å²) < 4.78 is 0. The maximum Gasteiger partial charge on any atom is 0.326 e. The number of aliphatic carboxylic acids is 1. The molecule has 0 radical (unpaired) electrons. The van der Waals surface area contributed by atoms with Gasteiger partial charge >= 0.3 is 5.97 Å². The largest absolute Gasteiger partial charge is 0.480 e. The highest BCUT2D eigenvalue weighted by molar-refractivity contribution is 6.31. The molecule has 2 rings (SSSR count). The Morgan fingerprint density at radius 2 is 2.05 bits per heavy atom. The van der Waals surface area contributed by atoms with Gasteiger partial charge < -0.3 is 10.0 Å². The van der Waals surface area contributed by atoms with E-state index >= 15 is 0 Å². The lowest BCUT2D eigenvalue weighted by Crippen LogP contribution is -2.43. The molecule has 0 aromatic heterocycles. The predicted octanol–water partition coefficient (Wildman–Crippen LogP) is 3.15. The zero-order chi connectivity index (χ0) is 16.3. The monoisotopic (exact) mass is 321 g/mol. The molecule has 1 amide bonds. The minimum atomic E-state index is -0.950. The fourth-order valence-corrected chi connectivity index (χ4v) is 2.87. The average molecular weight is 322 g/mol. The molecular weight excluding hydrogens is 302 g/mol. The number of hydrogen-bond donors (Lipinski definition) is 1. The molecule has 1 atom stereocenters. The van der Waals surface area contributed by atoms with E-state index in [0.717, 1.165) is 11.1 Å². The molecular formula is C17H20ClNO3. The fraction of sp³-hybridized carbons (Fsp3) is 0.412. The Balaban J connectivity index is 2.10. The summed E-state index contributed by atoms with van der Waals surface area (Å²) in [6.45, 7) is 4.26. The van der Waals surface area contributed by atoms with Gasteiger partial charge in [0.1, 0.15) is 6.04 Å². The number of hydrogen-bond acceptors (Lipinski definition) is 2. The first-order valence-electron chi connectivity index (χ1n) is 7.34. The Hall–Kier alpha value is -1.81. The van der Waals surface area contributed by atoms with Crippen LogP contribution in [0.5, 0.6) is 0 Å². The number of carbonyl (C=O) groups excluding carboxylic acids is 1. The molecule has 0 fully saturated rings. The summed E-state index contributed by atoms with van der Waals surface area (Å²) in [6, 6.07) is 6.71. The van der Waals surface area contributed by atoms with Crippen LogP contribution >= 0.6 is 11.6 Å². The van der Waals surface area contributed by atoms with Crippen LogP contribution in [0.15, 0.2) is 35.9 Å². The highest BCUT2D eigenvalue weighted by Crippen LogP contribution is 2.24. The van der Waals surface area contributed by atoms with Gasteiger partial charge in [-0.25, -0.2) is 4.79 Å². The molecule has 1 aliphatic heterocycles. The van der Waals surface area contributed by atoms with Crippen molar-refractivity contribution in [2.24, 2.45) is 5.92 Å². The summed E-state index contributed by atoms with van der Waals surface area (Å²) in [4.78, 5) is 25.0. The van der Waals surface area contributed by atoms with Gasteiger partial charge in [-0.3, -0.25) is 4.79 Å². The normalized spacial score (nSPS) is 16.1. The lowest BCUT2D eigenvalue weighted by molar-refractivity contribution is -0.148. The number of nitrogens with zero attached hydrogens (tertiary/aromatic N) is 1. The van der Waals surface area contributed by atoms with E-state index in [2.05, 4.69) is 0 Å². The molecule has 0 aliphatic carbocycles. The van der Waals surface area contributed by atoms with Gasteiger partial charge in [0.2, 0.25) is 5.91 Å². The van der Waals surface area contributed by atoms with Gasteiger partial charge in [-0.05, 0) is 36.0 Å². The minimum absolute atomic E-state index is 0.210. The summed E-state index contributed by atoms with van der Waals surface area (Å²) in [5, 5.41) is 10.0. The van der Waals surface area contributed by atoms with Gasteiger partial charge in [0.25, 0.3) is 0 Å². The molecule has 4 nitrogen and oxygen atoms in total. The van der Waals surface area contributed by atoms with Crippen molar-refractivity contribution in [3.05, 3.63) is 46.5 Å². The van der Waals surface area contributed by atoms with Gasteiger partial charge in [0.15, 0.2) is 0 Å². The second-order valence-electron chi connectivity index (χ2n) is 6.02. The van der Waals surface area contributed by atoms with Gasteiger partial charge in [-0.1, -0.05) is 43.6 Å². The molecule has 118 valence electrons. The van der Waals surface area contributed by atoms with Crippen molar-refractivity contribution in [3.8, 4) is 0 Å². The topological polar surface area (TPSA) is 57.6 Å². The maximum atomic E-state index is 12.1. The predicted molar refractivity (Wildman–Crippen MR) is 85.8 cm³/mol. The fourth-order valence-electron chi connectivity index (χ4n) is 2.66. The van der Waals surface area contributed by atoms with E-state index in [4.69, 9.17) is 11.6 Å². The quantitative estimate of drug-likeness (QED) is 0.875. The summed E-state index contributed by atoms with van der Waals surface area (Å²) >= 11 is 6.14. The van der Waals surface area contributed by atoms with Crippen molar-refractivity contribution in [1.29, 1.82) is 0 Å². The lowest BCUT2D eigenvalue weighted by Gasteiger charge is -2.26. The van der Waals surface area contributed by atoms with E-state index in [1.54, 1.807) is 6.08 Å². The standard InChI is InChI=1S/C17H20ClNO3/c1-11(2)7-15(17(21)22)19-10-12(9-16(19)20)8-13-5-3-4-6-14(13)18/h3-6,9,11,15H,7-8,10H2,1-2H3,(H,21,22)/t15-/m0/s1. The number of amides is 1. The van der Waals surface area contributed by atoms with Crippen molar-refractivity contribution < 1.29 is 14.7 Å². The van der Waals surface area contributed by atoms with E-state index in [-0.39, 0.29) is 11.8 Å². The maximum absolute atomic E-state index is 12.1. The molecule has 1 aliphatic rings. The first-order chi connectivity index (χ1) is 10.4. The van der Waals surface area contributed by atoms with Crippen molar-refractivity contribution in [2.45, 2.75) is 32.7 Å². The van der Waals surface area contributed by atoms with Crippen LogP contribution in [0.4, 0.5) is 0 Å². The van der Waals surface area contributed by atoms with Crippen LogP contribution < -0.4 is 0 Å². The number of benzene rings is 1. The second-order valence-corrected chi connectivity index (χ2v) is 6.43. The van der Waals surface area contributed by atoms with Gasteiger partial charge in [-0.2, -0.15) is 0 Å². The number of halogens is 1. The zero-order valence-corrected chi connectivity index (χ0v) is 13.5. The highest BCUT2D eigenvalue weighted by atomic mass is 35.5. The van der Waals surface area contributed by atoms with Crippen LogP contribution in [0.1, 0.15) is 25.8 Å². The third kappa shape index (κ3) is 3.89. The molecule has 1 aromatic carbocycles. The zero-order valence-electron chi connectivity index (χ0n) is 12.8. The third-order valence-corrected chi connectivity index (χ3v) is 4.08. The molecule has 22 heavy (non-hydrogen) atoms. The molecule has 0 spiro atoms. The average Bonchev–Trinajstić information content (AvgIpc) is 2.79. The summed E-state index contributed by atoms with van der Waals surface area (Å²) in [5.74, 6) is -0.967.